The Bertz CT molecular complexity index is 1240. The average Bonchev–Trinajstić information content (AvgIpc) is 3.33. The van der Waals surface area contributed by atoms with Gasteiger partial charge < -0.3 is 15.0 Å². The van der Waals surface area contributed by atoms with Crippen molar-refractivity contribution in [2.24, 2.45) is 0 Å². The number of imidazole rings is 1. The Kier molecular flexibility index (Phi) is 3.91. The van der Waals surface area contributed by atoms with E-state index in [-0.39, 0.29) is 12.0 Å². The minimum Gasteiger partial charge on any atom is -0.376 e. The Morgan fingerprint density at radius 1 is 1.33 bits per heavy atom. The van der Waals surface area contributed by atoms with Gasteiger partial charge in [0.1, 0.15) is 5.65 Å². The zero-order valence-electron chi connectivity index (χ0n) is 14.6. The number of H-pyrrole nitrogens is 1. The summed E-state index contributed by atoms with van der Waals surface area (Å²) in [4.78, 5) is 20.5. The lowest BCUT2D eigenvalue weighted by atomic mass is 10.1. The molecule has 0 saturated carbocycles. The van der Waals surface area contributed by atoms with E-state index in [4.69, 9.17) is 21.9 Å². The summed E-state index contributed by atoms with van der Waals surface area (Å²) in [6, 6.07) is 13.5. The van der Waals surface area contributed by atoms with Gasteiger partial charge in [-0.15, -0.1) is 0 Å². The van der Waals surface area contributed by atoms with E-state index in [0.29, 0.717) is 16.9 Å². The largest absolute Gasteiger partial charge is 0.376 e. The second kappa shape index (κ2) is 6.44. The Hall–Kier alpha value is -2.77. The number of hydrogen-bond acceptors (Lipinski definition) is 4. The molecule has 4 aromatic rings. The van der Waals surface area contributed by atoms with Gasteiger partial charge in [-0.05, 0) is 55.4 Å². The topological polar surface area (TPSA) is 71.4 Å². The van der Waals surface area contributed by atoms with Gasteiger partial charge in [-0.1, -0.05) is 12.1 Å². The van der Waals surface area contributed by atoms with Crippen LogP contribution in [0.1, 0.15) is 23.2 Å². The summed E-state index contributed by atoms with van der Waals surface area (Å²) in [6.07, 6.45) is 2.18. The number of aromatic amines is 1. The van der Waals surface area contributed by atoms with Crippen LogP contribution in [0.3, 0.4) is 0 Å². The fourth-order valence-corrected chi connectivity index (χ4v) is 3.98. The Morgan fingerprint density at radius 3 is 3.07 bits per heavy atom. The van der Waals surface area contributed by atoms with Crippen LogP contribution in [0.15, 0.2) is 42.5 Å². The Morgan fingerprint density at radius 2 is 2.22 bits per heavy atom. The smallest absolute Gasteiger partial charge is 0.251 e. The molecule has 1 saturated heterocycles. The number of aromatic nitrogens is 3. The third-order valence-corrected chi connectivity index (χ3v) is 5.33. The van der Waals surface area contributed by atoms with Crippen LogP contribution in [0.25, 0.3) is 27.6 Å². The minimum absolute atomic E-state index is 0.111. The van der Waals surface area contributed by atoms with Gasteiger partial charge in [0.25, 0.3) is 5.91 Å². The Balaban J connectivity index is 1.55. The van der Waals surface area contributed by atoms with Crippen molar-refractivity contribution in [3.05, 3.63) is 52.8 Å². The number of ether oxygens (including phenoxy) is 1. The first-order valence-electron chi connectivity index (χ1n) is 9.04. The van der Waals surface area contributed by atoms with Crippen molar-refractivity contribution in [1.82, 2.24) is 19.7 Å². The summed E-state index contributed by atoms with van der Waals surface area (Å²) in [7, 11) is 0. The number of benzene rings is 2. The monoisotopic (exact) mass is 378 g/mol. The SMILES string of the molecule is O=C(NC[C@H]1CCCO1)c1ccc2c(c1)[nH]c(=S)n1c3ccccc3nc21. The number of fused-ring (bicyclic) bond motifs is 5. The number of carbonyl (C=O) groups is 1. The summed E-state index contributed by atoms with van der Waals surface area (Å²) in [5, 5.41) is 3.88. The molecule has 0 radical (unpaired) electrons. The zero-order valence-corrected chi connectivity index (χ0v) is 15.4. The van der Waals surface area contributed by atoms with Crippen LogP contribution in [0.2, 0.25) is 0 Å². The maximum atomic E-state index is 12.5. The normalized spacial score (nSPS) is 17.1. The maximum absolute atomic E-state index is 12.5. The quantitative estimate of drug-likeness (QED) is 0.534. The lowest BCUT2D eigenvalue weighted by Gasteiger charge is -2.11. The molecule has 1 fully saturated rings. The van der Waals surface area contributed by atoms with Gasteiger partial charge >= 0.3 is 0 Å². The molecule has 2 aromatic heterocycles. The lowest BCUT2D eigenvalue weighted by molar-refractivity contribution is 0.0858. The molecule has 7 heteroatoms. The van der Waals surface area contributed by atoms with E-state index in [0.717, 1.165) is 47.0 Å². The van der Waals surface area contributed by atoms with Crippen LogP contribution >= 0.6 is 12.2 Å². The molecule has 5 rings (SSSR count). The van der Waals surface area contributed by atoms with Crippen molar-refractivity contribution in [1.29, 1.82) is 0 Å². The number of para-hydroxylation sites is 2. The highest BCUT2D eigenvalue weighted by Crippen LogP contribution is 2.24. The molecule has 6 nitrogen and oxygen atoms in total. The first-order valence-corrected chi connectivity index (χ1v) is 9.44. The molecule has 0 spiro atoms. The van der Waals surface area contributed by atoms with Crippen molar-refractivity contribution < 1.29 is 9.53 Å². The number of nitrogens with one attached hydrogen (secondary N) is 2. The summed E-state index contributed by atoms with van der Waals surface area (Å²) in [5.74, 6) is -0.111. The van der Waals surface area contributed by atoms with E-state index in [9.17, 15) is 4.79 Å². The molecule has 27 heavy (non-hydrogen) atoms. The molecule has 2 aromatic carbocycles. The van der Waals surface area contributed by atoms with Gasteiger partial charge in [0.05, 0.1) is 22.7 Å². The molecule has 3 heterocycles. The third-order valence-electron chi connectivity index (χ3n) is 5.04. The lowest BCUT2D eigenvalue weighted by Crippen LogP contribution is -2.31. The second-order valence-corrected chi connectivity index (χ2v) is 7.18. The first kappa shape index (κ1) is 16.4. The zero-order chi connectivity index (χ0) is 18.4. The highest BCUT2D eigenvalue weighted by Gasteiger charge is 2.17. The number of rotatable bonds is 3. The van der Waals surface area contributed by atoms with Crippen molar-refractivity contribution in [2.75, 3.05) is 13.2 Å². The van der Waals surface area contributed by atoms with Gasteiger partial charge in [-0.3, -0.25) is 9.20 Å². The first-order chi connectivity index (χ1) is 13.2. The van der Waals surface area contributed by atoms with E-state index in [1.54, 1.807) is 0 Å². The molecule has 0 aliphatic carbocycles. The summed E-state index contributed by atoms with van der Waals surface area (Å²) >= 11 is 5.55. The van der Waals surface area contributed by atoms with Crippen LogP contribution in [-0.2, 0) is 4.74 Å². The van der Waals surface area contributed by atoms with E-state index in [1.807, 2.05) is 46.9 Å². The van der Waals surface area contributed by atoms with Gasteiger partial charge in [0, 0.05) is 24.1 Å². The number of carbonyl (C=O) groups excluding carboxylic acids is 1. The molecule has 2 N–H and O–H groups in total. The maximum Gasteiger partial charge on any atom is 0.251 e. The molecule has 136 valence electrons. The predicted molar refractivity (Wildman–Crippen MR) is 107 cm³/mol. The molecule has 1 amide bonds. The molecule has 1 atom stereocenters. The summed E-state index contributed by atoms with van der Waals surface area (Å²) in [6.45, 7) is 1.32. The van der Waals surface area contributed by atoms with Crippen LogP contribution in [0.4, 0.5) is 0 Å². The standard InChI is InChI=1S/C20H18N4O2S/c25-19(21-11-13-4-3-9-26-13)12-7-8-14-16(10-12)23-20(27)24-17-6-2-1-5-15(17)22-18(14)24/h1-2,5-8,10,13H,3-4,9,11H2,(H,21,25)(H,23,27)/t13-/m1/s1. The highest BCUT2D eigenvalue weighted by atomic mass is 32.1. The van der Waals surface area contributed by atoms with Crippen molar-refractivity contribution in [2.45, 2.75) is 18.9 Å². The van der Waals surface area contributed by atoms with Gasteiger partial charge in [-0.2, -0.15) is 0 Å². The van der Waals surface area contributed by atoms with E-state index in [2.05, 4.69) is 10.3 Å². The van der Waals surface area contributed by atoms with Crippen LogP contribution in [0.5, 0.6) is 0 Å². The van der Waals surface area contributed by atoms with Crippen molar-refractivity contribution in [3.63, 3.8) is 0 Å². The van der Waals surface area contributed by atoms with E-state index in [1.165, 1.54) is 0 Å². The number of hydrogen-bond donors (Lipinski definition) is 2. The Labute approximate surface area is 160 Å². The van der Waals surface area contributed by atoms with Crippen LogP contribution in [0, 0.1) is 4.77 Å². The summed E-state index contributed by atoms with van der Waals surface area (Å²) < 4.78 is 8.05. The highest BCUT2D eigenvalue weighted by molar-refractivity contribution is 7.71. The predicted octanol–water partition coefficient (Wildman–Crippen LogP) is 3.61. The fourth-order valence-electron chi connectivity index (χ4n) is 3.68. The van der Waals surface area contributed by atoms with E-state index >= 15 is 0 Å². The van der Waals surface area contributed by atoms with Crippen molar-refractivity contribution >= 4 is 45.7 Å². The molecule has 0 unspecified atom stereocenters. The third kappa shape index (κ3) is 2.79. The second-order valence-electron chi connectivity index (χ2n) is 6.80. The molecular weight excluding hydrogens is 360 g/mol. The minimum atomic E-state index is -0.111. The van der Waals surface area contributed by atoms with Crippen LogP contribution in [-0.4, -0.2) is 39.5 Å². The molecule has 1 aliphatic heterocycles. The van der Waals surface area contributed by atoms with Crippen LogP contribution < -0.4 is 5.32 Å². The molecule has 0 bridgehead atoms. The molecular formula is C20H18N4O2S. The summed E-state index contributed by atoms with van der Waals surface area (Å²) in [5.41, 5.74) is 4.04. The van der Waals surface area contributed by atoms with Crippen molar-refractivity contribution in [3.8, 4) is 0 Å². The van der Waals surface area contributed by atoms with Gasteiger partial charge in [0.15, 0.2) is 4.77 Å². The fraction of sp³-hybridized carbons (Fsp3) is 0.250. The van der Waals surface area contributed by atoms with Gasteiger partial charge in [0.2, 0.25) is 0 Å². The van der Waals surface area contributed by atoms with Gasteiger partial charge in [-0.25, -0.2) is 4.98 Å². The number of nitrogens with zero attached hydrogens (tertiary/aromatic N) is 2. The van der Waals surface area contributed by atoms with E-state index < -0.39 is 0 Å². The molecule has 1 aliphatic rings. The number of amides is 1. The average molecular weight is 378 g/mol.